The van der Waals surface area contributed by atoms with Gasteiger partial charge in [0.15, 0.2) is 5.96 Å². The largest absolute Gasteiger partial charge is 0.480 e. The highest BCUT2D eigenvalue weighted by atomic mass is 16.4. The maximum Gasteiger partial charge on any atom is 0.326 e. The van der Waals surface area contributed by atoms with Crippen LogP contribution >= 0.6 is 0 Å². The maximum atomic E-state index is 12.6. The molecule has 0 heterocycles. The fraction of sp³-hybridized carbons (Fsp3) is 0.750. The fourth-order valence-electron chi connectivity index (χ4n) is 2.89. The first kappa shape index (κ1) is 30.1. The van der Waals surface area contributed by atoms with E-state index in [0.717, 1.165) is 0 Å². The highest BCUT2D eigenvalue weighted by Gasteiger charge is 2.27. The second-order valence-electron chi connectivity index (χ2n) is 7.89. The average molecular weight is 473 g/mol. The zero-order valence-corrected chi connectivity index (χ0v) is 19.5. The number of unbranched alkanes of at least 4 members (excludes halogenated alkanes) is 1. The average Bonchev–Trinajstić information content (AvgIpc) is 2.76. The SMILES string of the molecule is CCC(C)C(NC(=O)CNC(=O)C(CCCCN)NC(=O)C(N)CCCN=C(N)N)C(=O)O. The predicted molar refractivity (Wildman–Crippen MR) is 125 cm³/mol. The van der Waals surface area contributed by atoms with Gasteiger partial charge in [0.05, 0.1) is 12.6 Å². The van der Waals surface area contributed by atoms with Crippen LogP contribution in [-0.2, 0) is 19.2 Å². The number of hydrogen-bond donors (Lipinski definition) is 8. The molecule has 0 aliphatic rings. The van der Waals surface area contributed by atoms with Crippen molar-refractivity contribution in [1.82, 2.24) is 16.0 Å². The van der Waals surface area contributed by atoms with Gasteiger partial charge in [-0.05, 0) is 44.6 Å². The molecule has 0 aliphatic heterocycles. The number of carboxylic acids is 1. The topological polar surface area (TPSA) is 241 Å². The summed E-state index contributed by atoms with van der Waals surface area (Å²) in [7, 11) is 0. The van der Waals surface area contributed by atoms with Crippen molar-refractivity contribution >= 4 is 29.7 Å². The Hall–Kier alpha value is -2.93. The van der Waals surface area contributed by atoms with Gasteiger partial charge in [0.25, 0.3) is 0 Å². The van der Waals surface area contributed by atoms with Gasteiger partial charge in [0, 0.05) is 6.54 Å². The number of hydrogen-bond acceptors (Lipinski definition) is 7. The number of guanidine groups is 1. The van der Waals surface area contributed by atoms with Crippen LogP contribution in [0.3, 0.4) is 0 Å². The monoisotopic (exact) mass is 472 g/mol. The standard InChI is InChI=1S/C20H40N8O5/c1-3-12(2)16(19(32)33)28-15(29)11-26-18(31)14(8-4-5-9-21)27-17(30)13(22)7-6-10-25-20(23)24/h12-14,16H,3-11,21-22H2,1-2H3,(H,26,31)(H,27,30)(H,28,29)(H,32,33)(H4,23,24,25). The Labute approximate surface area is 194 Å². The zero-order chi connectivity index (χ0) is 25.4. The molecule has 0 aromatic rings. The number of carbonyl (C=O) groups is 4. The summed E-state index contributed by atoms with van der Waals surface area (Å²) >= 11 is 0. The molecule has 0 bridgehead atoms. The van der Waals surface area contributed by atoms with Crippen LogP contribution in [-0.4, -0.2) is 72.5 Å². The third-order valence-electron chi connectivity index (χ3n) is 5.10. The summed E-state index contributed by atoms with van der Waals surface area (Å²) in [5, 5.41) is 16.7. The third kappa shape index (κ3) is 13.3. The van der Waals surface area contributed by atoms with Crippen molar-refractivity contribution in [2.75, 3.05) is 19.6 Å². The Morgan fingerprint density at radius 3 is 2.21 bits per heavy atom. The fourth-order valence-corrected chi connectivity index (χ4v) is 2.89. The number of nitrogens with one attached hydrogen (secondary N) is 3. The van der Waals surface area contributed by atoms with Gasteiger partial charge in [-0.3, -0.25) is 19.4 Å². The first-order valence-electron chi connectivity index (χ1n) is 11.1. The number of nitrogens with two attached hydrogens (primary N) is 4. The highest BCUT2D eigenvalue weighted by Crippen LogP contribution is 2.08. The van der Waals surface area contributed by atoms with E-state index in [0.29, 0.717) is 51.6 Å². The summed E-state index contributed by atoms with van der Waals surface area (Å²) in [6, 6.07) is -2.83. The van der Waals surface area contributed by atoms with Crippen LogP contribution in [0.5, 0.6) is 0 Å². The molecule has 13 heteroatoms. The van der Waals surface area contributed by atoms with Gasteiger partial charge >= 0.3 is 5.97 Å². The van der Waals surface area contributed by atoms with Crippen LogP contribution in [0.1, 0.15) is 52.4 Å². The van der Waals surface area contributed by atoms with Crippen LogP contribution in [0.15, 0.2) is 4.99 Å². The van der Waals surface area contributed by atoms with Gasteiger partial charge in [-0.15, -0.1) is 0 Å². The molecule has 190 valence electrons. The summed E-state index contributed by atoms with van der Waals surface area (Å²) in [5.41, 5.74) is 21.9. The highest BCUT2D eigenvalue weighted by molar-refractivity contribution is 5.92. The molecule has 4 atom stereocenters. The number of rotatable bonds is 17. The molecule has 13 nitrogen and oxygen atoms in total. The molecule has 3 amide bonds. The molecule has 0 radical (unpaired) electrons. The summed E-state index contributed by atoms with van der Waals surface area (Å²) in [6.45, 7) is 3.86. The van der Waals surface area contributed by atoms with Crippen molar-refractivity contribution in [3.63, 3.8) is 0 Å². The lowest BCUT2D eigenvalue weighted by Gasteiger charge is -2.22. The molecule has 0 aromatic carbocycles. The van der Waals surface area contributed by atoms with Crippen LogP contribution in [0, 0.1) is 5.92 Å². The van der Waals surface area contributed by atoms with E-state index in [1.54, 1.807) is 6.92 Å². The Morgan fingerprint density at radius 2 is 1.67 bits per heavy atom. The van der Waals surface area contributed by atoms with E-state index in [1.807, 2.05) is 6.92 Å². The number of amides is 3. The number of aliphatic carboxylic acids is 1. The lowest BCUT2D eigenvalue weighted by molar-refractivity contribution is -0.143. The Morgan fingerprint density at radius 1 is 1.00 bits per heavy atom. The smallest absolute Gasteiger partial charge is 0.326 e. The van der Waals surface area contributed by atoms with Crippen LogP contribution in [0.25, 0.3) is 0 Å². The van der Waals surface area contributed by atoms with Gasteiger partial charge in [-0.2, -0.15) is 0 Å². The molecule has 0 spiro atoms. The predicted octanol–water partition coefficient (Wildman–Crippen LogP) is -2.29. The Kier molecular flexibility index (Phi) is 15.2. The van der Waals surface area contributed by atoms with Crippen LogP contribution < -0.4 is 38.9 Å². The molecule has 0 fully saturated rings. The minimum atomic E-state index is -1.15. The molecule has 0 rings (SSSR count). The van der Waals surface area contributed by atoms with Crippen molar-refractivity contribution in [2.24, 2.45) is 33.8 Å². The number of carbonyl (C=O) groups excluding carboxylic acids is 3. The first-order valence-corrected chi connectivity index (χ1v) is 11.1. The quantitative estimate of drug-likeness (QED) is 0.0644. The molecule has 0 saturated carbocycles. The Bertz CT molecular complexity index is 669. The Balaban J connectivity index is 4.86. The third-order valence-corrected chi connectivity index (χ3v) is 5.10. The van der Waals surface area contributed by atoms with Crippen molar-refractivity contribution in [2.45, 2.75) is 70.5 Å². The summed E-state index contributed by atoms with van der Waals surface area (Å²) in [4.78, 5) is 52.3. The van der Waals surface area contributed by atoms with E-state index in [4.69, 9.17) is 22.9 Å². The van der Waals surface area contributed by atoms with E-state index in [1.165, 1.54) is 0 Å². The van der Waals surface area contributed by atoms with Crippen molar-refractivity contribution in [1.29, 1.82) is 0 Å². The van der Waals surface area contributed by atoms with E-state index in [2.05, 4.69) is 20.9 Å². The zero-order valence-electron chi connectivity index (χ0n) is 19.5. The van der Waals surface area contributed by atoms with Crippen LogP contribution in [0.4, 0.5) is 0 Å². The number of nitrogens with zero attached hydrogens (tertiary/aromatic N) is 1. The summed E-state index contributed by atoms with van der Waals surface area (Å²) < 4.78 is 0. The van der Waals surface area contributed by atoms with Gasteiger partial charge in [-0.1, -0.05) is 20.3 Å². The van der Waals surface area contributed by atoms with E-state index >= 15 is 0 Å². The first-order chi connectivity index (χ1) is 15.5. The van der Waals surface area contributed by atoms with Crippen molar-refractivity contribution in [3.8, 4) is 0 Å². The van der Waals surface area contributed by atoms with E-state index in [9.17, 15) is 24.3 Å². The van der Waals surface area contributed by atoms with Gasteiger partial charge in [0.2, 0.25) is 17.7 Å². The minimum absolute atomic E-state index is 0.0486. The van der Waals surface area contributed by atoms with E-state index < -0.39 is 48.4 Å². The molecule has 12 N–H and O–H groups in total. The maximum absolute atomic E-state index is 12.6. The van der Waals surface area contributed by atoms with E-state index in [-0.39, 0.29) is 11.9 Å². The van der Waals surface area contributed by atoms with Gasteiger partial charge in [0.1, 0.15) is 12.1 Å². The minimum Gasteiger partial charge on any atom is -0.480 e. The van der Waals surface area contributed by atoms with Crippen LogP contribution in [0.2, 0.25) is 0 Å². The number of aliphatic imine (C=N–C) groups is 1. The lowest BCUT2D eigenvalue weighted by atomic mass is 9.99. The summed E-state index contributed by atoms with van der Waals surface area (Å²) in [6.07, 6.45) is 2.90. The molecular weight excluding hydrogens is 432 g/mol. The second-order valence-corrected chi connectivity index (χ2v) is 7.89. The lowest BCUT2D eigenvalue weighted by Crippen LogP contribution is -2.54. The van der Waals surface area contributed by atoms with Crippen molar-refractivity contribution in [3.05, 3.63) is 0 Å². The normalized spacial score (nSPS) is 14.3. The molecule has 0 aromatic heterocycles. The molecule has 4 unspecified atom stereocenters. The van der Waals surface area contributed by atoms with Gasteiger partial charge < -0.3 is 44.0 Å². The summed E-state index contributed by atoms with van der Waals surface area (Å²) in [5.74, 6) is -3.20. The number of carboxylic acid groups (broad SMARTS) is 1. The molecule has 0 aliphatic carbocycles. The van der Waals surface area contributed by atoms with Gasteiger partial charge in [-0.25, -0.2) is 4.79 Å². The molecule has 0 saturated heterocycles. The molecular formula is C20H40N8O5. The van der Waals surface area contributed by atoms with Crippen molar-refractivity contribution < 1.29 is 24.3 Å². The second kappa shape index (κ2) is 16.7. The molecule has 33 heavy (non-hydrogen) atoms.